The Balaban J connectivity index is 2.20. The second-order valence-electron chi connectivity index (χ2n) is 3.66. The van der Waals surface area contributed by atoms with Crippen LogP contribution in [0.3, 0.4) is 0 Å². The molecule has 5 heteroatoms. The van der Waals surface area contributed by atoms with Crippen molar-refractivity contribution in [1.82, 2.24) is 9.78 Å². The summed E-state index contributed by atoms with van der Waals surface area (Å²) in [7, 11) is 0. The maximum Gasteiger partial charge on any atom is 0.150 e. The maximum absolute atomic E-state index is 5.73. The van der Waals surface area contributed by atoms with Gasteiger partial charge < -0.3 is 4.74 Å². The summed E-state index contributed by atoms with van der Waals surface area (Å²) in [5.41, 5.74) is 2.26. The highest BCUT2D eigenvalue weighted by Gasteiger charge is 2.19. The fourth-order valence-electron chi connectivity index (χ4n) is 1.82. The number of nitrogens with zero attached hydrogens (tertiary/aromatic N) is 2. The van der Waals surface area contributed by atoms with Gasteiger partial charge in [-0.25, -0.2) is 4.68 Å². The molecule has 0 N–H and O–H groups in total. The Hall–Kier alpha value is 0.130. The highest BCUT2D eigenvalue weighted by Crippen LogP contribution is 2.25. The molecule has 0 saturated carbocycles. The van der Waals surface area contributed by atoms with Crippen LogP contribution in [-0.4, -0.2) is 16.4 Å². The van der Waals surface area contributed by atoms with Crippen LogP contribution >= 0.6 is 31.9 Å². The predicted molar refractivity (Wildman–Crippen MR) is 66.3 cm³/mol. The van der Waals surface area contributed by atoms with E-state index in [1.807, 2.05) is 4.68 Å². The largest absolute Gasteiger partial charge is 0.357 e. The molecule has 1 fully saturated rings. The van der Waals surface area contributed by atoms with Crippen LogP contribution in [0.15, 0.2) is 6.07 Å². The Morgan fingerprint density at radius 2 is 2.27 bits per heavy atom. The summed E-state index contributed by atoms with van der Waals surface area (Å²) in [6, 6.07) is 2.11. The van der Waals surface area contributed by atoms with Gasteiger partial charge in [-0.15, -0.1) is 0 Å². The molecule has 84 valence electrons. The highest BCUT2D eigenvalue weighted by atomic mass is 79.9. The van der Waals surface area contributed by atoms with Crippen LogP contribution in [0.5, 0.6) is 0 Å². The number of hydrogen-bond acceptors (Lipinski definition) is 2. The van der Waals surface area contributed by atoms with Gasteiger partial charge >= 0.3 is 0 Å². The monoisotopic (exact) mass is 336 g/mol. The van der Waals surface area contributed by atoms with Crippen molar-refractivity contribution in [3.63, 3.8) is 0 Å². The summed E-state index contributed by atoms with van der Waals surface area (Å²) >= 11 is 6.91. The van der Waals surface area contributed by atoms with Gasteiger partial charge in [-0.1, -0.05) is 31.9 Å². The van der Waals surface area contributed by atoms with E-state index < -0.39 is 0 Å². The Bertz CT molecular complexity index is 321. The Kier molecular flexibility index (Phi) is 4.22. The van der Waals surface area contributed by atoms with Gasteiger partial charge in [0.2, 0.25) is 0 Å². The highest BCUT2D eigenvalue weighted by molar-refractivity contribution is 9.08. The minimum Gasteiger partial charge on any atom is -0.357 e. The third-order valence-corrected chi connectivity index (χ3v) is 3.71. The van der Waals surface area contributed by atoms with E-state index in [0.29, 0.717) is 0 Å². The van der Waals surface area contributed by atoms with Crippen LogP contribution in [0.2, 0.25) is 0 Å². The van der Waals surface area contributed by atoms with Gasteiger partial charge in [-0.3, -0.25) is 0 Å². The van der Waals surface area contributed by atoms with Crippen molar-refractivity contribution < 1.29 is 4.74 Å². The smallest absolute Gasteiger partial charge is 0.150 e. The summed E-state index contributed by atoms with van der Waals surface area (Å²) < 4.78 is 7.75. The van der Waals surface area contributed by atoms with Gasteiger partial charge in [0.05, 0.1) is 11.4 Å². The van der Waals surface area contributed by atoms with Crippen molar-refractivity contribution in [2.24, 2.45) is 0 Å². The van der Waals surface area contributed by atoms with E-state index in [4.69, 9.17) is 4.74 Å². The van der Waals surface area contributed by atoms with Gasteiger partial charge in [-0.2, -0.15) is 5.10 Å². The van der Waals surface area contributed by atoms with Crippen molar-refractivity contribution in [2.75, 3.05) is 6.61 Å². The van der Waals surface area contributed by atoms with E-state index >= 15 is 0 Å². The molecule has 0 aliphatic carbocycles. The lowest BCUT2D eigenvalue weighted by atomic mass is 10.2. The first-order valence-corrected chi connectivity index (χ1v) is 7.40. The number of halogens is 2. The minimum absolute atomic E-state index is 0.138. The Labute approximate surface area is 106 Å². The van der Waals surface area contributed by atoms with Gasteiger partial charge in [0.1, 0.15) is 6.23 Å². The summed E-state index contributed by atoms with van der Waals surface area (Å²) in [5, 5.41) is 6.16. The lowest BCUT2D eigenvalue weighted by molar-refractivity contribution is -0.0408. The SMILES string of the molecule is BrCc1cc(CBr)n([C@H]2CCCCO2)n1. The fraction of sp³-hybridized carbons (Fsp3) is 0.700. The zero-order valence-corrected chi connectivity index (χ0v) is 11.6. The molecule has 3 nitrogen and oxygen atoms in total. The van der Waals surface area contributed by atoms with Crippen LogP contribution < -0.4 is 0 Å². The first-order chi connectivity index (χ1) is 7.35. The van der Waals surface area contributed by atoms with Crippen molar-refractivity contribution in [3.8, 4) is 0 Å². The molecule has 15 heavy (non-hydrogen) atoms. The molecule has 1 atom stereocenters. The van der Waals surface area contributed by atoms with Crippen LogP contribution in [0.1, 0.15) is 36.9 Å². The lowest BCUT2D eigenvalue weighted by Crippen LogP contribution is -2.20. The van der Waals surface area contributed by atoms with Gasteiger partial charge in [0.15, 0.2) is 0 Å². The zero-order chi connectivity index (χ0) is 10.7. The first kappa shape index (κ1) is 11.6. The number of alkyl halides is 2. The van der Waals surface area contributed by atoms with Gasteiger partial charge in [0, 0.05) is 17.3 Å². The van der Waals surface area contributed by atoms with Crippen LogP contribution in [0, 0.1) is 0 Å². The summed E-state index contributed by atoms with van der Waals surface area (Å²) in [6.07, 6.45) is 3.62. The number of hydrogen-bond donors (Lipinski definition) is 0. The molecule has 0 bridgehead atoms. The molecule has 2 rings (SSSR count). The predicted octanol–water partition coefficient (Wildman–Crippen LogP) is 3.37. The van der Waals surface area contributed by atoms with Gasteiger partial charge in [0.25, 0.3) is 0 Å². The number of aromatic nitrogens is 2. The molecule has 1 aliphatic rings. The second-order valence-corrected chi connectivity index (χ2v) is 4.78. The van der Waals surface area contributed by atoms with E-state index in [1.165, 1.54) is 18.5 Å². The van der Waals surface area contributed by atoms with E-state index in [-0.39, 0.29) is 6.23 Å². The first-order valence-electron chi connectivity index (χ1n) is 5.16. The minimum atomic E-state index is 0.138. The molecule has 0 spiro atoms. The van der Waals surface area contributed by atoms with E-state index in [1.54, 1.807) is 0 Å². The van der Waals surface area contributed by atoms with Gasteiger partial charge in [-0.05, 0) is 25.3 Å². The summed E-state index contributed by atoms with van der Waals surface area (Å²) in [5.74, 6) is 0. The summed E-state index contributed by atoms with van der Waals surface area (Å²) in [4.78, 5) is 0. The fourth-order valence-corrected chi connectivity index (χ4v) is 2.51. The third-order valence-electron chi connectivity index (χ3n) is 2.57. The average molecular weight is 338 g/mol. The summed E-state index contributed by atoms with van der Waals surface area (Å²) in [6.45, 7) is 0.857. The zero-order valence-electron chi connectivity index (χ0n) is 8.46. The molecule has 0 radical (unpaired) electrons. The average Bonchev–Trinajstić information content (AvgIpc) is 2.73. The molecule has 0 amide bonds. The van der Waals surface area contributed by atoms with E-state index in [9.17, 15) is 0 Å². The molecule has 0 unspecified atom stereocenters. The van der Waals surface area contributed by atoms with Crippen molar-refractivity contribution in [1.29, 1.82) is 0 Å². The molecule has 1 aromatic heterocycles. The van der Waals surface area contributed by atoms with Crippen molar-refractivity contribution in [2.45, 2.75) is 36.2 Å². The lowest BCUT2D eigenvalue weighted by Gasteiger charge is -2.24. The Morgan fingerprint density at radius 1 is 1.40 bits per heavy atom. The topological polar surface area (TPSA) is 27.1 Å². The van der Waals surface area contributed by atoms with Crippen molar-refractivity contribution in [3.05, 3.63) is 17.5 Å². The number of rotatable bonds is 3. The normalized spacial score (nSPS) is 21.9. The number of ether oxygens (including phenoxy) is 1. The molecule has 1 saturated heterocycles. The molecule has 1 aliphatic heterocycles. The second kappa shape index (κ2) is 5.46. The van der Waals surface area contributed by atoms with Crippen LogP contribution in [0.25, 0.3) is 0 Å². The standard InChI is InChI=1S/C10H14Br2N2O/c11-6-8-5-9(7-12)14(13-8)10-3-1-2-4-15-10/h5,10H,1-4,6-7H2/t10-/m1/s1. The van der Waals surface area contributed by atoms with Crippen molar-refractivity contribution >= 4 is 31.9 Å². The maximum atomic E-state index is 5.73. The van der Waals surface area contributed by atoms with E-state index in [2.05, 4.69) is 43.0 Å². The van der Waals surface area contributed by atoms with Crippen LogP contribution in [-0.2, 0) is 15.4 Å². The molecule has 1 aromatic rings. The molecular weight excluding hydrogens is 324 g/mol. The molecular formula is C10H14Br2N2O. The van der Waals surface area contributed by atoms with E-state index in [0.717, 1.165) is 29.4 Å². The quantitative estimate of drug-likeness (QED) is 0.791. The third kappa shape index (κ3) is 2.63. The van der Waals surface area contributed by atoms with Crippen LogP contribution in [0.4, 0.5) is 0 Å². The molecule has 0 aromatic carbocycles. The molecule has 2 heterocycles. The Morgan fingerprint density at radius 3 is 2.87 bits per heavy atom.